The Morgan fingerprint density at radius 2 is 1.68 bits per heavy atom. The number of sulfone groups is 1. The van der Waals surface area contributed by atoms with Gasteiger partial charge in [0.25, 0.3) is 0 Å². The van der Waals surface area contributed by atoms with Gasteiger partial charge < -0.3 is 4.90 Å². The van der Waals surface area contributed by atoms with Gasteiger partial charge in [0.05, 0.1) is 10.6 Å². The van der Waals surface area contributed by atoms with Gasteiger partial charge in [-0.3, -0.25) is 4.90 Å². The van der Waals surface area contributed by atoms with Gasteiger partial charge in [0.15, 0.2) is 9.84 Å². The molecule has 134 valence electrons. The smallest absolute Gasteiger partial charge is 0.175 e. The summed E-state index contributed by atoms with van der Waals surface area (Å²) in [5.74, 6) is -0.472. The van der Waals surface area contributed by atoms with Crippen molar-refractivity contribution in [3.8, 4) is 0 Å². The maximum Gasteiger partial charge on any atom is 0.175 e. The van der Waals surface area contributed by atoms with Crippen LogP contribution in [-0.4, -0.2) is 52.3 Å². The van der Waals surface area contributed by atoms with E-state index in [2.05, 4.69) is 29.2 Å². The quantitative estimate of drug-likeness (QED) is 0.820. The van der Waals surface area contributed by atoms with E-state index in [1.807, 2.05) is 11.0 Å². The molecule has 1 heterocycles. The molecule has 0 unspecified atom stereocenters. The van der Waals surface area contributed by atoms with E-state index in [4.69, 9.17) is 0 Å². The average molecular weight is 362 g/mol. The Morgan fingerprint density at radius 3 is 2.28 bits per heavy atom. The van der Waals surface area contributed by atoms with Crippen molar-refractivity contribution in [3.63, 3.8) is 0 Å². The number of nitrogens with zero attached hydrogens (tertiary/aromatic N) is 2. The van der Waals surface area contributed by atoms with Gasteiger partial charge in [0.2, 0.25) is 0 Å². The molecular formula is C19H23FN2O2S. The molecule has 0 aliphatic carbocycles. The number of halogens is 1. The summed E-state index contributed by atoms with van der Waals surface area (Å²) < 4.78 is 37.3. The monoisotopic (exact) mass is 362 g/mol. The van der Waals surface area contributed by atoms with Crippen LogP contribution in [0.3, 0.4) is 0 Å². The van der Waals surface area contributed by atoms with Gasteiger partial charge in [0.1, 0.15) is 5.82 Å². The number of rotatable bonds is 5. The summed E-state index contributed by atoms with van der Waals surface area (Å²) in [6.07, 6.45) is 2.10. The van der Waals surface area contributed by atoms with Gasteiger partial charge >= 0.3 is 0 Å². The molecule has 0 N–H and O–H groups in total. The van der Waals surface area contributed by atoms with Crippen LogP contribution < -0.4 is 4.90 Å². The van der Waals surface area contributed by atoms with Crippen molar-refractivity contribution >= 4 is 15.5 Å². The lowest BCUT2D eigenvalue weighted by molar-refractivity contribution is 0.260. The summed E-state index contributed by atoms with van der Waals surface area (Å²) in [7, 11) is -3.38. The Kier molecular flexibility index (Phi) is 5.39. The van der Waals surface area contributed by atoms with Gasteiger partial charge in [-0.05, 0) is 30.2 Å². The number of hydrogen-bond acceptors (Lipinski definition) is 4. The van der Waals surface area contributed by atoms with Crippen molar-refractivity contribution < 1.29 is 12.8 Å². The van der Waals surface area contributed by atoms with E-state index >= 15 is 0 Å². The molecule has 25 heavy (non-hydrogen) atoms. The third-order valence-electron chi connectivity index (χ3n) is 4.62. The summed E-state index contributed by atoms with van der Waals surface area (Å²) in [6.45, 7) is 4.22. The molecule has 4 nitrogen and oxygen atoms in total. The van der Waals surface area contributed by atoms with Crippen LogP contribution in [0.25, 0.3) is 0 Å². The van der Waals surface area contributed by atoms with Crippen molar-refractivity contribution in [1.82, 2.24) is 4.90 Å². The molecule has 0 aromatic heterocycles. The summed E-state index contributed by atoms with van der Waals surface area (Å²) in [5.41, 5.74) is 1.81. The zero-order chi connectivity index (χ0) is 17.9. The SMILES string of the molecule is CS(=O)(=O)c1ccc(N2CCN(CCc3ccccc3)CC2)c(F)c1. The van der Waals surface area contributed by atoms with Crippen molar-refractivity contribution in [3.05, 3.63) is 59.9 Å². The Bertz CT molecular complexity index is 817. The first-order chi connectivity index (χ1) is 11.9. The topological polar surface area (TPSA) is 40.6 Å². The molecule has 1 saturated heterocycles. The van der Waals surface area contributed by atoms with Crippen molar-refractivity contribution in [1.29, 1.82) is 0 Å². The first-order valence-electron chi connectivity index (χ1n) is 8.44. The predicted octanol–water partition coefficient (Wildman–Crippen LogP) is 2.59. The van der Waals surface area contributed by atoms with E-state index in [-0.39, 0.29) is 4.90 Å². The first kappa shape index (κ1) is 17.9. The van der Waals surface area contributed by atoms with Gasteiger partial charge in [-0.25, -0.2) is 12.8 Å². The van der Waals surface area contributed by atoms with Crippen molar-refractivity contribution in [2.75, 3.05) is 43.9 Å². The van der Waals surface area contributed by atoms with Crippen LogP contribution in [0.1, 0.15) is 5.56 Å². The molecule has 1 fully saturated rings. The molecular weight excluding hydrogens is 339 g/mol. The normalized spacial score (nSPS) is 16.2. The molecule has 1 aliphatic heterocycles. The fraction of sp³-hybridized carbons (Fsp3) is 0.368. The fourth-order valence-electron chi connectivity index (χ4n) is 3.12. The second-order valence-corrected chi connectivity index (χ2v) is 8.47. The summed E-state index contributed by atoms with van der Waals surface area (Å²) in [4.78, 5) is 4.39. The number of anilines is 1. The van der Waals surface area contributed by atoms with Gasteiger partial charge in [-0.2, -0.15) is 0 Å². The summed E-state index contributed by atoms with van der Waals surface area (Å²) in [6, 6.07) is 14.6. The number of benzene rings is 2. The molecule has 2 aromatic carbocycles. The standard InChI is InChI=1S/C19H23FN2O2S/c1-25(23,24)17-7-8-19(18(20)15-17)22-13-11-21(12-14-22)10-9-16-5-3-2-4-6-16/h2-8,15H,9-14H2,1H3. The van der Waals surface area contributed by atoms with Crippen LogP contribution in [0.4, 0.5) is 10.1 Å². The molecule has 0 amide bonds. The van der Waals surface area contributed by atoms with Gasteiger partial charge in [0, 0.05) is 39.0 Å². The molecule has 0 bridgehead atoms. The summed E-state index contributed by atoms with van der Waals surface area (Å²) in [5, 5.41) is 0. The predicted molar refractivity (Wildman–Crippen MR) is 98.3 cm³/mol. The fourth-order valence-corrected chi connectivity index (χ4v) is 3.75. The Hall–Kier alpha value is -1.92. The highest BCUT2D eigenvalue weighted by molar-refractivity contribution is 7.90. The molecule has 1 aliphatic rings. The maximum atomic E-state index is 14.3. The minimum Gasteiger partial charge on any atom is -0.367 e. The zero-order valence-electron chi connectivity index (χ0n) is 14.4. The van der Waals surface area contributed by atoms with Crippen LogP contribution in [0, 0.1) is 5.82 Å². The maximum absolute atomic E-state index is 14.3. The second kappa shape index (κ2) is 7.54. The van der Waals surface area contributed by atoms with Gasteiger partial charge in [-0.1, -0.05) is 30.3 Å². The van der Waals surface area contributed by atoms with Crippen LogP contribution in [0.5, 0.6) is 0 Å². The largest absolute Gasteiger partial charge is 0.367 e. The molecule has 0 radical (unpaired) electrons. The van der Waals surface area contributed by atoms with Crippen LogP contribution >= 0.6 is 0 Å². The highest BCUT2D eigenvalue weighted by atomic mass is 32.2. The van der Waals surface area contributed by atoms with E-state index in [9.17, 15) is 12.8 Å². The lowest BCUT2D eigenvalue weighted by atomic mass is 10.1. The minimum absolute atomic E-state index is 0.0234. The number of piperazine rings is 1. The number of hydrogen-bond donors (Lipinski definition) is 0. The van der Waals surface area contributed by atoms with Crippen molar-refractivity contribution in [2.45, 2.75) is 11.3 Å². The molecule has 0 spiro atoms. The average Bonchev–Trinajstić information content (AvgIpc) is 2.60. The van der Waals surface area contributed by atoms with Gasteiger partial charge in [-0.15, -0.1) is 0 Å². The van der Waals surface area contributed by atoms with Crippen molar-refractivity contribution in [2.24, 2.45) is 0 Å². The Labute approximate surface area is 148 Å². The summed E-state index contributed by atoms with van der Waals surface area (Å²) >= 11 is 0. The lowest BCUT2D eigenvalue weighted by Gasteiger charge is -2.36. The van der Waals surface area contributed by atoms with E-state index in [1.165, 1.54) is 11.6 Å². The van der Waals surface area contributed by atoms with E-state index in [0.717, 1.165) is 51.5 Å². The molecule has 0 atom stereocenters. The molecule has 3 rings (SSSR count). The molecule has 6 heteroatoms. The highest BCUT2D eigenvalue weighted by Crippen LogP contribution is 2.24. The van der Waals surface area contributed by atoms with Crippen LogP contribution in [0.15, 0.2) is 53.4 Å². The Balaban J connectivity index is 1.57. The lowest BCUT2D eigenvalue weighted by Crippen LogP contribution is -2.47. The first-order valence-corrected chi connectivity index (χ1v) is 10.3. The van der Waals surface area contributed by atoms with E-state index < -0.39 is 15.7 Å². The van der Waals surface area contributed by atoms with Crippen LogP contribution in [0.2, 0.25) is 0 Å². The third-order valence-corrected chi connectivity index (χ3v) is 5.73. The van der Waals surface area contributed by atoms with Crippen LogP contribution in [-0.2, 0) is 16.3 Å². The zero-order valence-corrected chi connectivity index (χ0v) is 15.2. The minimum atomic E-state index is -3.38. The third kappa shape index (κ3) is 4.58. The van der Waals surface area contributed by atoms with E-state index in [0.29, 0.717) is 5.69 Å². The molecule has 0 saturated carbocycles. The molecule has 2 aromatic rings. The highest BCUT2D eigenvalue weighted by Gasteiger charge is 2.20. The second-order valence-electron chi connectivity index (χ2n) is 6.45. The Morgan fingerprint density at radius 1 is 1.00 bits per heavy atom. The van der Waals surface area contributed by atoms with E-state index in [1.54, 1.807) is 6.07 Å².